The van der Waals surface area contributed by atoms with E-state index < -0.39 is 60.7 Å². The van der Waals surface area contributed by atoms with Crippen molar-refractivity contribution in [2.75, 3.05) is 6.61 Å². The third-order valence-corrected chi connectivity index (χ3v) is 24.3. The molecular formula is C35H62N2O7Si3. The number of rotatable bonds is 12. The van der Waals surface area contributed by atoms with E-state index >= 15 is 0 Å². The predicted octanol–water partition coefficient (Wildman–Crippen LogP) is 7.88. The Labute approximate surface area is 286 Å². The monoisotopic (exact) mass is 706 g/mol. The van der Waals surface area contributed by atoms with Gasteiger partial charge in [0.2, 0.25) is 0 Å². The molecule has 1 saturated heterocycles. The Morgan fingerprint density at radius 3 is 1.74 bits per heavy atom. The van der Waals surface area contributed by atoms with Crippen molar-refractivity contribution in [2.45, 2.75) is 155 Å². The van der Waals surface area contributed by atoms with Crippen molar-refractivity contribution in [2.24, 2.45) is 0 Å². The van der Waals surface area contributed by atoms with Crippen LogP contribution in [0.2, 0.25) is 54.4 Å². The molecule has 3 rings (SSSR count). The SMILES string of the molecule is CC(C)(C)[Si](C)(C)OC[C@H]1O[C@@H](n2ccc(=O)n(COCc3ccccc3)c2=O)[C@H](O[Si](C)(C)C(C)(C)C)[C@@H]1O[Si](C)(C)C(C)(C)C. The number of hydrogen-bond acceptors (Lipinski definition) is 7. The van der Waals surface area contributed by atoms with Gasteiger partial charge in [-0.05, 0) is 60.0 Å². The molecule has 2 aromatic rings. The van der Waals surface area contributed by atoms with Crippen LogP contribution in [0.3, 0.4) is 0 Å². The highest BCUT2D eigenvalue weighted by Gasteiger charge is 2.55. The van der Waals surface area contributed by atoms with Crippen molar-refractivity contribution in [3.63, 3.8) is 0 Å². The third kappa shape index (κ3) is 9.33. The molecule has 2 heterocycles. The molecule has 0 spiro atoms. The minimum absolute atomic E-state index is 0.00399. The van der Waals surface area contributed by atoms with Crippen LogP contribution in [0.5, 0.6) is 0 Å². The van der Waals surface area contributed by atoms with E-state index in [4.69, 9.17) is 22.8 Å². The standard InChI is InChI=1S/C35H62N2O7Si3/c1-33(2,3)45(10,11)41-24-27-29(43-46(12,13)34(4,5)6)30(44-47(14,15)35(7,8)9)31(42-27)36-22-21-28(38)37(32(36)39)25-40-23-26-19-17-16-18-20-26/h16-22,27,29-31H,23-25H2,1-15H3/t27-,29-,30-,31-/m1/s1. The van der Waals surface area contributed by atoms with E-state index in [1.807, 2.05) is 30.3 Å². The average molecular weight is 707 g/mol. The van der Waals surface area contributed by atoms with Crippen LogP contribution in [0.25, 0.3) is 0 Å². The zero-order valence-electron chi connectivity index (χ0n) is 31.7. The molecular weight excluding hydrogens is 645 g/mol. The van der Waals surface area contributed by atoms with E-state index in [1.165, 1.54) is 16.8 Å². The maximum atomic E-state index is 14.1. The summed E-state index contributed by atoms with van der Waals surface area (Å²) in [5.74, 6) is 0. The van der Waals surface area contributed by atoms with Gasteiger partial charge in [-0.15, -0.1) is 0 Å². The molecule has 0 radical (unpaired) electrons. The van der Waals surface area contributed by atoms with E-state index in [0.717, 1.165) is 10.1 Å². The average Bonchev–Trinajstić information content (AvgIpc) is 3.23. The Kier molecular flexibility index (Phi) is 12.1. The van der Waals surface area contributed by atoms with Crippen molar-refractivity contribution in [1.82, 2.24) is 9.13 Å². The first-order valence-corrected chi connectivity index (χ1v) is 25.6. The van der Waals surface area contributed by atoms with Crippen LogP contribution in [0, 0.1) is 0 Å². The van der Waals surface area contributed by atoms with Gasteiger partial charge in [0.15, 0.2) is 31.2 Å². The fourth-order valence-electron chi connectivity index (χ4n) is 4.55. The van der Waals surface area contributed by atoms with Crippen LogP contribution < -0.4 is 11.2 Å². The summed E-state index contributed by atoms with van der Waals surface area (Å²) in [6.07, 6.45) is -0.890. The normalized spacial score (nSPS) is 21.8. The summed E-state index contributed by atoms with van der Waals surface area (Å²) in [5.41, 5.74) is -0.00329. The summed E-state index contributed by atoms with van der Waals surface area (Å²) < 4.78 is 36.4. The molecule has 1 aliphatic rings. The highest BCUT2D eigenvalue weighted by molar-refractivity contribution is 6.75. The second kappa shape index (κ2) is 14.3. The van der Waals surface area contributed by atoms with Gasteiger partial charge < -0.3 is 22.8 Å². The first-order chi connectivity index (χ1) is 21.3. The van der Waals surface area contributed by atoms with Gasteiger partial charge in [-0.3, -0.25) is 9.36 Å². The summed E-state index contributed by atoms with van der Waals surface area (Å²) in [6.45, 7) is 33.6. The zero-order chi connectivity index (χ0) is 35.8. The van der Waals surface area contributed by atoms with Crippen molar-refractivity contribution in [3.8, 4) is 0 Å². The minimum Gasteiger partial charge on any atom is -0.414 e. The van der Waals surface area contributed by atoms with E-state index in [9.17, 15) is 9.59 Å². The second-order valence-electron chi connectivity index (χ2n) is 17.6. The first-order valence-electron chi connectivity index (χ1n) is 16.9. The number of hydrogen-bond donors (Lipinski definition) is 0. The molecule has 266 valence electrons. The lowest BCUT2D eigenvalue weighted by Crippen LogP contribution is -2.55. The van der Waals surface area contributed by atoms with Crippen LogP contribution in [0.15, 0.2) is 52.2 Å². The second-order valence-corrected chi connectivity index (χ2v) is 31.9. The van der Waals surface area contributed by atoms with E-state index in [-0.39, 0.29) is 28.5 Å². The summed E-state index contributed by atoms with van der Waals surface area (Å²) in [4.78, 5) is 27.1. The van der Waals surface area contributed by atoms with Gasteiger partial charge in [0, 0.05) is 12.3 Å². The van der Waals surface area contributed by atoms with Gasteiger partial charge in [-0.2, -0.15) is 0 Å². The Morgan fingerprint density at radius 2 is 1.23 bits per heavy atom. The highest BCUT2D eigenvalue weighted by atomic mass is 28.4. The lowest BCUT2D eigenvalue weighted by atomic mass is 10.1. The smallest absolute Gasteiger partial charge is 0.335 e. The first kappa shape index (κ1) is 39.8. The van der Waals surface area contributed by atoms with Gasteiger partial charge in [-0.25, -0.2) is 9.36 Å². The van der Waals surface area contributed by atoms with Crippen molar-refractivity contribution in [1.29, 1.82) is 0 Å². The number of ether oxygens (including phenoxy) is 2. The van der Waals surface area contributed by atoms with Gasteiger partial charge in [0.05, 0.1) is 13.2 Å². The van der Waals surface area contributed by atoms with Crippen LogP contribution in [0.1, 0.15) is 74.1 Å². The molecule has 0 amide bonds. The van der Waals surface area contributed by atoms with Gasteiger partial charge in [0.1, 0.15) is 25.0 Å². The molecule has 0 bridgehead atoms. The van der Waals surface area contributed by atoms with Crippen LogP contribution in [0.4, 0.5) is 0 Å². The summed E-state index contributed by atoms with van der Waals surface area (Å²) in [7, 11) is -6.92. The molecule has 1 aromatic carbocycles. The molecule has 47 heavy (non-hydrogen) atoms. The van der Waals surface area contributed by atoms with E-state index in [1.54, 1.807) is 0 Å². The van der Waals surface area contributed by atoms with Crippen LogP contribution >= 0.6 is 0 Å². The molecule has 1 aliphatic heterocycles. The molecule has 4 atom stereocenters. The molecule has 0 unspecified atom stereocenters. The lowest BCUT2D eigenvalue weighted by Gasteiger charge is -2.44. The molecule has 1 aromatic heterocycles. The molecule has 12 heteroatoms. The molecule has 0 N–H and O–H groups in total. The molecule has 0 aliphatic carbocycles. The van der Waals surface area contributed by atoms with E-state index in [0.29, 0.717) is 6.61 Å². The third-order valence-electron chi connectivity index (χ3n) is 10.9. The maximum Gasteiger partial charge on any atom is 0.335 e. The number of benzene rings is 1. The van der Waals surface area contributed by atoms with Crippen molar-refractivity contribution >= 4 is 25.0 Å². The fourth-order valence-corrected chi connectivity index (χ4v) is 8.17. The topological polar surface area (TPSA) is 90.2 Å². The minimum atomic E-state index is -2.41. The lowest BCUT2D eigenvalue weighted by molar-refractivity contribution is -0.0527. The highest BCUT2D eigenvalue weighted by Crippen LogP contribution is 2.46. The fraction of sp³-hybridized carbons (Fsp3) is 0.714. The van der Waals surface area contributed by atoms with Crippen molar-refractivity contribution in [3.05, 3.63) is 69.0 Å². The Balaban J connectivity index is 2.11. The van der Waals surface area contributed by atoms with Crippen LogP contribution in [-0.4, -0.2) is 59.0 Å². The largest absolute Gasteiger partial charge is 0.414 e. The molecule has 9 nitrogen and oxygen atoms in total. The Bertz CT molecular complexity index is 1450. The van der Waals surface area contributed by atoms with Crippen molar-refractivity contribution < 1.29 is 22.8 Å². The molecule has 0 saturated carbocycles. The maximum absolute atomic E-state index is 14.1. The van der Waals surface area contributed by atoms with Gasteiger partial charge in [0.25, 0.3) is 5.56 Å². The van der Waals surface area contributed by atoms with E-state index in [2.05, 4.69) is 102 Å². The van der Waals surface area contributed by atoms with Gasteiger partial charge in [-0.1, -0.05) is 92.6 Å². The quantitative estimate of drug-likeness (QED) is 0.208. The number of aromatic nitrogens is 2. The summed E-state index contributed by atoms with van der Waals surface area (Å²) >= 11 is 0. The summed E-state index contributed by atoms with van der Waals surface area (Å²) in [5, 5.41) is -0.175. The Hall–Kier alpha value is -1.65. The number of nitrogens with zero attached hydrogens (tertiary/aromatic N) is 2. The van der Waals surface area contributed by atoms with Gasteiger partial charge >= 0.3 is 5.69 Å². The Morgan fingerprint density at radius 1 is 0.723 bits per heavy atom. The summed E-state index contributed by atoms with van der Waals surface area (Å²) in [6, 6.07) is 11.1. The zero-order valence-corrected chi connectivity index (χ0v) is 34.7. The van der Waals surface area contributed by atoms with Crippen LogP contribution in [-0.2, 0) is 36.1 Å². The molecule has 1 fully saturated rings. The predicted molar refractivity (Wildman–Crippen MR) is 197 cm³/mol.